The molecule has 0 bridgehead atoms. The van der Waals surface area contributed by atoms with Gasteiger partial charge in [0.2, 0.25) is 0 Å². The molecule has 0 aliphatic carbocycles. The minimum absolute atomic E-state index is 0.0621. The Morgan fingerprint density at radius 2 is 1.59 bits per heavy atom. The van der Waals surface area contributed by atoms with Gasteiger partial charge in [0.1, 0.15) is 6.10 Å². The Morgan fingerprint density at radius 3 is 2.12 bits per heavy atom. The van der Waals surface area contributed by atoms with Crippen LogP contribution in [0.25, 0.3) is 0 Å². The second-order valence-electron chi connectivity index (χ2n) is 4.95. The maximum absolute atomic E-state index is 10.8. The fraction of sp³-hybridized carbons (Fsp3) is 0.800. The van der Waals surface area contributed by atoms with E-state index in [9.17, 15) is 4.79 Å². The van der Waals surface area contributed by atoms with Gasteiger partial charge in [0.05, 0.1) is 0 Å². The molecular weight excluding hydrogens is 212 g/mol. The highest BCUT2D eigenvalue weighted by atomic mass is 16.5. The van der Waals surface area contributed by atoms with Crippen LogP contribution in [0.5, 0.6) is 0 Å². The van der Waals surface area contributed by atoms with E-state index in [2.05, 4.69) is 6.92 Å². The number of carbonyl (C=O) groups excluding carboxylic acids is 1. The molecule has 98 valence electrons. The van der Waals surface area contributed by atoms with Gasteiger partial charge in [0, 0.05) is 6.08 Å². The molecule has 2 nitrogen and oxygen atoms in total. The van der Waals surface area contributed by atoms with Crippen molar-refractivity contribution in [2.45, 2.75) is 77.2 Å². The SMILES string of the molecule is CCCCCCCCCCCC1C=CC(=O)O1. The lowest BCUT2D eigenvalue weighted by Crippen LogP contribution is -2.06. The molecule has 0 radical (unpaired) electrons. The zero-order chi connectivity index (χ0) is 12.3. The topological polar surface area (TPSA) is 26.3 Å². The normalized spacial score (nSPS) is 18.6. The molecule has 1 aliphatic heterocycles. The van der Waals surface area contributed by atoms with Crippen molar-refractivity contribution in [1.82, 2.24) is 0 Å². The average molecular weight is 238 g/mol. The molecule has 0 aromatic rings. The Labute approximate surface area is 105 Å². The monoisotopic (exact) mass is 238 g/mol. The first-order chi connectivity index (χ1) is 8.33. The molecule has 0 N–H and O–H groups in total. The number of rotatable bonds is 10. The molecular formula is C15H26O2. The van der Waals surface area contributed by atoms with Gasteiger partial charge in [-0.1, -0.05) is 58.3 Å². The third-order valence-corrected chi connectivity index (χ3v) is 3.31. The van der Waals surface area contributed by atoms with E-state index >= 15 is 0 Å². The van der Waals surface area contributed by atoms with Crippen LogP contribution in [0.1, 0.15) is 71.1 Å². The number of hydrogen-bond donors (Lipinski definition) is 0. The van der Waals surface area contributed by atoms with Gasteiger partial charge in [0.15, 0.2) is 0 Å². The van der Waals surface area contributed by atoms with Crippen molar-refractivity contribution in [3.05, 3.63) is 12.2 Å². The van der Waals surface area contributed by atoms with Crippen molar-refractivity contribution in [2.75, 3.05) is 0 Å². The number of ether oxygens (including phenoxy) is 1. The summed E-state index contributed by atoms with van der Waals surface area (Å²) in [4.78, 5) is 10.8. The molecule has 0 saturated heterocycles. The van der Waals surface area contributed by atoms with Gasteiger partial charge in [-0.2, -0.15) is 0 Å². The summed E-state index contributed by atoms with van der Waals surface area (Å²) in [7, 11) is 0. The molecule has 2 heteroatoms. The Hall–Kier alpha value is -0.790. The van der Waals surface area contributed by atoms with E-state index in [4.69, 9.17) is 4.74 Å². The maximum Gasteiger partial charge on any atom is 0.331 e. The number of carbonyl (C=O) groups is 1. The summed E-state index contributed by atoms with van der Waals surface area (Å²) in [6, 6.07) is 0. The molecule has 1 atom stereocenters. The molecule has 0 aromatic carbocycles. The summed E-state index contributed by atoms with van der Waals surface area (Å²) in [5.74, 6) is -0.175. The molecule has 1 aliphatic rings. The molecule has 1 unspecified atom stereocenters. The summed E-state index contributed by atoms with van der Waals surface area (Å²) >= 11 is 0. The van der Waals surface area contributed by atoms with Crippen LogP contribution < -0.4 is 0 Å². The van der Waals surface area contributed by atoms with E-state index in [1.807, 2.05) is 6.08 Å². The van der Waals surface area contributed by atoms with Gasteiger partial charge in [-0.15, -0.1) is 0 Å². The van der Waals surface area contributed by atoms with E-state index in [1.54, 1.807) is 6.08 Å². The highest BCUT2D eigenvalue weighted by Gasteiger charge is 2.15. The third kappa shape index (κ3) is 7.19. The highest BCUT2D eigenvalue weighted by molar-refractivity contribution is 5.84. The van der Waals surface area contributed by atoms with Gasteiger partial charge < -0.3 is 4.74 Å². The van der Waals surface area contributed by atoms with Gasteiger partial charge in [-0.05, 0) is 18.9 Å². The van der Waals surface area contributed by atoms with Crippen molar-refractivity contribution < 1.29 is 9.53 Å². The minimum atomic E-state index is -0.175. The Morgan fingerprint density at radius 1 is 1.00 bits per heavy atom. The minimum Gasteiger partial charge on any atom is -0.455 e. The van der Waals surface area contributed by atoms with E-state index in [0.29, 0.717) is 0 Å². The Kier molecular flexibility index (Phi) is 7.78. The largest absolute Gasteiger partial charge is 0.455 e. The molecule has 0 amide bonds. The molecule has 0 aromatic heterocycles. The predicted molar refractivity (Wildman–Crippen MR) is 70.9 cm³/mol. The predicted octanol–water partition coefficient (Wildman–Crippen LogP) is 4.39. The van der Waals surface area contributed by atoms with E-state index < -0.39 is 0 Å². The second kappa shape index (κ2) is 9.26. The summed E-state index contributed by atoms with van der Waals surface area (Å²) in [6.45, 7) is 2.25. The van der Waals surface area contributed by atoms with Crippen LogP contribution in [0.3, 0.4) is 0 Å². The number of hydrogen-bond acceptors (Lipinski definition) is 2. The van der Waals surface area contributed by atoms with Crippen LogP contribution >= 0.6 is 0 Å². The molecule has 0 spiro atoms. The van der Waals surface area contributed by atoms with Crippen LogP contribution in [-0.2, 0) is 9.53 Å². The summed E-state index contributed by atoms with van der Waals surface area (Å²) in [5.41, 5.74) is 0. The van der Waals surface area contributed by atoms with Gasteiger partial charge in [-0.25, -0.2) is 4.79 Å². The highest BCUT2D eigenvalue weighted by Crippen LogP contribution is 2.15. The molecule has 1 heterocycles. The maximum atomic E-state index is 10.8. The first kappa shape index (κ1) is 14.3. The van der Waals surface area contributed by atoms with E-state index in [0.717, 1.165) is 6.42 Å². The lowest BCUT2D eigenvalue weighted by molar-refractivity contribution is -0.138. The number of unbranched alkanes of at least 4 members (excludes halogenated alkanes) is 8. The fourth-order valence-electron chi connectivity index (χ4n) is 2.22. The number of esters is 1. The van der Waals surface area contributed by atoms with Gasteiger partial charge in [-0.3, -0.25) is 0 Å². The first-order valence-electron chi connectivity index (χ1n) is 7.21. The summed E-state index contributed by atoms with van der Waals surface area (Å²) in [5, 5.41) is 0. The third-order valence-electron chi connectivity index (χ3n) is 3.31. The Bertz CT molecular complexity index is 233. The molecule has 0 saturated carbocycles. The zero-order valence-corrected chi connectivity index (χ0v) is 11.1. The molecule has 0 fully saturated rings. The quantitative estimate of drug-likeness (QED) is 0.417. The fourth-order valence-corrected chi connectivity index (χ4v) is 2.22. The van der Waals surface area contributed by atoms with Crippen molar-refractivity contribution in [1.29, 1.82) is 0 Å². The summed E-state index contributed by atoms with van der Waals surface area (Å²) in [6.07, 6.45) is 16.5. The van der Waals surface area contributed by atoms with Gasteiger partial charge in [0.25, 0.3) is 0 Å². The Balaban J connectivity index is 1.79. The van der Waals surface area contributed by atoms with E-state index in [1.165, 1.54) is 57.8 Å². The standard InChI is InChI=1S/C15H26O2/c1-2-3-4-5-6-7-8-9-10-11-14-12-13-15(16)17-14/h12-14H,2-11H2,1H3. The van der Waals surface area contributed by atoms with Crippen LogP contribution in [0.15, 0.2) is 12.2 Å². The van der Waals surface area contributed by atoms with Crippen molar-refractivity contribution >= 4 is 5.97 Å². The zero-order valence-electron chi connectivity index (χ0n) is 11.1. The lowest BCUT2D eigenvalue weighted by atomic mass is 10.1. The summed E-state index contributed by atoms with van der Waals surface area (Å²) < 4.78 is 5.08. The lowest BCUT2D eigenvalue weighted by Gasteiger charge is -2.07. The van der Waals surface area contributed by atoms with Crippen molar-refractivity contribution in [2.24, 2.45) is 0 Å². The molecule has 1 rings (SSSR count). The van der Waals surface area contributed by atoms with Crippen LogP contribution in [0, 0.1) is 0 Å². The number of cyclic esters (lactones) is 1. The van der Waals surface area contributed by atoms with Crippen LogP contribution in [0.2, 0.25) is 0 Å². The average Bonchev–Trinajstić information content (AvgIpc) is 2.73. The van der Waals surface area contributed by atoms with Crippen molar-refractivity contribution in [3.8, 4) is 0 Å². The van der Waals surface area contributed by atoms with Crippen molar-refractivity contribution in [3.63, 3.8) is 0 Å². The van der Waals surface area contributed by atoms with E-state index in [-0.39, 0.29) is 12.1 Å². The molecule has 17 heavy (non-hydrogen) atoms. The van der Waals surface area contributed by atoms with Crippen LogP contribution in [0.4, 0.5) is 0 Å². The second-order valence-corrected chi connectivity index (χ2v) is 4.95. The smallest absolute Gasteiger partial charge is 0.331 e. The first-order valence-corrected chi connectivity index (χ1v) is 7.21. The van der Waals surface area contributed by atoms with Gasteiger partial charge >= 0.3 is 5.97 Å². The van der Waals surface area contributed by atoms with Crippen LogP contribution in [-0.4, -0.2) is 12.1 Å².